The number of fused-ring (bicyclic) bond motifs is 6. The summed E-state index contributed by atoms with van der Waals surface area (Å²) in [6.07, 6.45) is 0. The molecule has 0 spiro atoms. The molecule has 0 atom stereocenters. The first-order valence-electron chi connectivity index (χ1n) is 19.3. The van der Waals surface area contributed by atoms with Crippen LogP contribution in [0, 0.1) is 0 Å². The molecule has 0 radical (unpaired) electrons. The molecule has 0 aliphatic rings. The van der Waals surface area contributed by atoms with E-state index in [-0.39, 0.29) is 0 Å². The Balaban J connectivity index is 1.31. The van der Waals surface area contributed by atoms with E-state index < -0.39 is 8.07 Å². The van der Waals surface area contributed by atoms with Gasteiger partial charge >= 0.3 is 0 Å². The number of rotatable bonds is 6. The van der Waals surface area contributed by atoms with Crippen LogP contribution in [0.15, 0.2) is 223 Å². The van der Waals surface area contributed by atoms with E-state index in [1.54, 1.807) is 0 Å². The molecule has 0 fully saturated rings. The van der Waals surface area contributed by atoms with Gasteiger partial charge in [-0.05, 0) is 93.5 Å². The van der Waals surface area contributed by atoms with Gasteiger partial charge in [-0.1, -0.05) is 200 Å². The van der Waals surface area contributed by atoms with E-state index in [1.807, 2.05) is 0 Å². The smallest absolute Gasteiger partial charge is 0.180 e. The lowest BCUT2D eigenvalue weighted by atomic mass is 9.85. The van der Waals surface area contributed by atoms with Crippen LogP contribution in [0.2, 0.25) is 0 Å². The monoisotopic (exact) mass is 728 g/mol. The van der Waals surface area contributed by atoms with Crippen molar-refractivity contribution in [2.45, 2.75) is 0 Å². The van der Waals surface area contributed by atoms with Gasteiger partial charge in [0.15, 0.2) is 8.07 Å². The maximum absolute atomic E-state index is 6.94. The standard InChI is InChI=1S/C54H36OSi/c1-4-20-41(21-5-1)56(42-22-6-2-7-23-42,43-24-8-3-9-25-43)51-36-40(35-50-54(51)48-30-16-17-31-49(48)55-50)53-46-28-14-12-26-44(46)52(45-27-13-15-29-47(45)53)39-33-32-37-18-10-11-19-38(37)34-39/h1-36H. The summed E-state index contributed by atoms with van der Waals surface area (Å²) in [5.41, 5.74) is 6.67. The Kier molecular flexibility index (Phi) is 7.58. The van der Waals surface area contributed by atoms with E-state index in [4.69, 9.17) is 4.42 Å². The molecule has 0 amide bonds. The molecule has 0 bridgehead atoms. The lowest BCUT2D eigenvalue weighted by molar-refractivity contribution is 0.669. The average molecular weight is 729 g/mol. The van der Waals surface area contributed by atoms with E-state index in [2.05, 4.69) is 218 Å². The molecular weight excluding hydrogens is 693 g/mol. The molecule has 0 saturated carbocycles. The van der Waals surface area contributed by atoms with Crippen LogP contribution in [0.3, 0.4) is 0 Å². The predicted molar refractivity (Wildman–Crippen MR) is 241 cm³/mol. The second kappa shape index (κ2) is 13.1. The summed E-state index contributed by atoms with van der Waals surface area (Å²) in [6.45, 7) is 0. The SMILES string of the molecule is c1ccc([Si](c2ccccc2)(c2ccccc2)c2cc(-c3c4ccccc4c(-c4ccc5ccccc5c4)c4ccccc34)cc3oc4ccccc4c23)cc1. The molecule has 0 aliphatic heterocycles. The van der Waals surface area contributed by atoms with Crippen LogP contribution in [0.1, 0.15) is 0 Å². The first-order valence-corrected chi connectivity index (χ1v) is 21.3. The summed E-state index contributed by atoms with van der Waals surface area (Å²) in [4.78, 5) is 0. The van der Waals surface area contributed by atoms with E-state index >= 15 is 0 Å². The first-order chi connectivity index (χ1) is 27.8. The van der Waals surface area contributed by atoms with Crippen LogP contribution in [-0.4, -0.2) is 8.07 Å². The zero-order chi connectivity index (χ0) is 37.1. The minimum Gasteiger partial charge on any atom is -0.456 e. The Hall–Kier alpha value is -7.00. The zero-order valence-corrected chi connectivity index (χ0v) is 31.7. The molecule has 11 aromatic rings. The second-order valence-electron chi connectivity index (χ2n) is 14.7. The molecule has 0 saturated heterocycles. The van der Waals surface area contributed by atoms with Gasteiger partial charge in [-0.15, -0.1) is 0 Å². The lowest BCUT2D eigenvalue weighted by Crippen LogP contribution is -2.74. The number of para-hydroxylation sites is 1. The van der Waals surface area contributed by atoms with Crippen molar-refractivity contribution in [3.8, 4) is 22.3 Å². The maximum Gasteiger partial charge on any atom is 0.180 e. The number of furan rings is 1. The third-order valence-electron chi connectivity index (χ3n) is 11.8. The van der Waals surface area contributed by atoms with Gasteiger partial charge in [0.05, 0.1) is 0 Å². The predicted octanol–water partition coefficient (Wildman–Crippen LogP) is 11.8. The summed E-state index contributed by atoms with van der Waals surface area (Å²) in [5.74, 6) is 0. The van der Waals surface area contributed by atoms with Gasteiger partial charge in [0.2, 0.25) is 0 Å². The van der Waals surface area contributed by atoms with Crippen LogP contribution < -0.4 is 20.7 Å². The largest absolute Gasteiger partial charge is 0.456 e. The first kappa shape index (κ1) is 32.4. The van der Waals surface area contributed by atoms with Crippen LogP contribution in [0.25, 0.3) is 76.5 Å². The van der Waals surface area contributed by atoms with Gasteiger partial charge in [0, 0.05) is 10.8 Å². The van der Waals surface area contributed by atoms with Gasteiger partial charge in [0.25, 0.3) is 0 Å². The van der Waals surface area contributed by atoms with Gasteiger partial charge in [-0.2, -0.15) is 0 Å². The van der Waals surface area contributed by atoms with Crippen molar-refractivity contribution in [2.24, 2.45) is 0 Å². The molecule has 1 nitrogen and oxygen atoms in total. The number of hydrogen-bond acceptors (Lipinski definition) is 1. The Bertz CT molecular complexity index is 3080. The van der Waals surface area contributed by atoms with E-state index in [0.29, 0.717) is 0 Å². The van der Waals surface area contributed by atoms with Crippen molar-refractivity contribution in [1.82, 2.24) is 0 Å². The van der Waals surface area contributed by atoms with E-state index in [9.17, 15) is 0 Å². The van der Waals surface area contributed by atoms with Gasteiger partial charge in [0.1, 0.15) is 11.2 Å². The van der Waals surface area contributed by atoms with Crippen LogP contribution in [0.4, 0.5) is 0 Å². The van der Waals surface area contributed by atoms with Crippen molar-refractivity contribution in [1.29, 1.82) is 0 Å². The minimum absolute atomic E-state index is 0.902. The van der Waals surface area contributed by atoms with Crippen molar-refractivity contribution in [3.05, 3.63) is 218 Å². The van der Waals surface area contributed by atoms with Crippen molar-refractivity contribution < 1.29 is 4.42 Å². The molecule has 1 heterocycles. The summed E-state index contributed by atoms with van der Waals surface area (Å²) in [5, 5.41) is 15.1. The summed E-state index contributed by atoms with van der Waals surface area (Å²) < 4.78 is 6.94. The van der Waals surface area contributed by atoms with Gasteiger partial charge in [-0.3, -0.25) is 0 Å². The van der Waals surface area contributed by atoms with E-state index in [1.165, 1.54) is 75.1 Å². The molecule has 2 heteroatoms. The molecule has 0 unspecified atom stereocenters. The fourth-order valence-corrected chi connectivity index (χ4v) is 14.4. The summed E-state index contributed by atoms with van der Waals surface area (Å²) >= 11 is 0. The molecule has 262 valence electrons. The molecule has 0 aliphatic carbocycles. The van der Waals surface area contributed by atoms with Crippen LogP contribution in [0.5, 0.6) is 0 Å². The highest BCUT2D eigenvalue weighted by atomic mass is 28.3. The Morgan fingerprint density at radius 1 is 0.304 bits per heavy atom. The molecule has 10 aromatic carbocycles. The van der Waals surface area contributed by atoms with E-state index in [0.717, 1.165) is 22.1 Å². The molecule has 1 aromatic heterocycles. The van der Waals surface area contributed by atoms with Crippen LogP contribution in [-0.2, 0) is 0 Å². The topological polar surface area (TPSA) is 13.1 Å². The minimum atomic E-state index is -2.99. The molecule has 11 rings (SSSR count). The maximum atomic E-state index is 6.94. The second-order valence-corrected chi connectivity index (χ2v) is 18.5. The Morgan fingerprint density at radius 2 is 0.750 bits per heavy atom. The highest BCUT2D eigenvalue weighted by Gasteiger charge is 2.43. The fourth-order valence-electron chi connectivity index (χ4n) is 9.42. The quantitative estimate of drug-likeness (QED) is 0.0944. The fraction of sp³-hybridized carbons (Fsp3) is 0. The average Bonchev–Trinajstić information content (AvgIpc) is 3.65. The van der Waals surface area contributed by atoms with Crippen molar-refractivity contribution in [2.75, 3.05) is 0 Å². The van der Waals surface area contributed by atoms with Gasteiger partial charge < -0.3 is 4.42 Å². The van der Waals surface area contributed by atoms with Crippen LogP contribution >= 0.6 is 0 Å². The van der Waals surface area contributed by atoms with Crippen molar-refractivity contribution in [3.63, 3.8) is 0 Å². The zero-order valence-electron chi connectivity index (χ0n) is 30.7. The molecule has 56 heavy (non-hydrogen) atoms. The molecular formula is C54H36OSi. The van der Waals surface area contributed by atoms with Crippen molar-refractivity contribution >= 4 is 83.1 Å². The van der Waals surface area contributed by atoms with Gasteiger partial charge in [-0.25, -0.2) is 0 Å². The summed E-state index contributed by atoms with van der Waals surface area (Å²) in [6, 6.07) is 80.5. The Morgan fingerprint density at radius 3 is 1.30 bits per heavy atom. The Labute approximate surface area is 326 Å². The highest BCUT2D eigenvalue weighted by molar-refractivity contribution is 7.20. The number of hydrogen-bond donors (Lipinski definition) is 0. The highest BCUT2D eigenvalue weighted by Crippen LogP contribution is 2.45. The normalized spacial score (nSPS) is 11.9. The third kappa shape index (κ3) is 4.93. The lowest BCUT2D eigenvalue weighted by Gasteiger charge is -2.35. The molecule has 0 N–H and O–H groups in total. The number of benzene rings is 10. The summed E-state index contributed by atoms with van der Waals surface area (Å²) in [7, 11) is -2.99. The third-order valence-corrected chi connectivity index (χ3v) is 16.6.